The van der Waals surface area contributed by atoms with Gasteiger partial charge >= 0.3 is 0 Å². The summed E-state index contributed by atoms with van der Waals surface area (Å²) < 4.78 is 22.8. The third kappa shape index (κ3) is 29.0. The fourth-order valence-electron chi connectivity index (χ4n) is 9.76. The molecule has 2 fully saturated rings. The summed E-state index contributed by atoms with van der Waals surface area (Å²) in [6.45, 7) is 2.82. The Morgan fingerprint density at radius 2 is 0.886 bits per heavy atom. The van der Waals surface area contributed by atoms with Gasteiger partial charge in [0.05, 0.1) is 32.0 Å². The summed E-state index contributed by atoms with van der Waals surface area (Å²) in [6.07, 6.45) is 31.0. The fourth-order valence-corrected chi connectivity index (χ4v) is 9.76. The number of unbranched alkanes of at least 4 members (excludes halogenated alkanes) is 33. The first-order chi connectivity index (χ1) is 34.1. The average Bonchev–Trinajstić information content (AvgIpc) is 3.36. The van der Waals surface area contributed by atoms with Crippen molar-refractivity contribution in [3.8, 4) is 0 Å². The Hall–Kier alpha value is -1.27. The number of ether oxygens (including phenoxy) is 4. The minimum absolute atomic E-state index is 0.235. The van der Waals surface area contributed by atoms with Gasteiger partial charge in [0.2, 0.25) is 5.91 Å². The second kappa shape index (κ2) is 43.0. The van der Waals surface area contributed by atoms with Crippen LogP contribution < -0.4 is 5.32 Å². The van der Waals surface area contributed by atoms with Gasteiger partial charge in [-0.25, -0.2) is 0 Å². The molecule has 0 aliphatic carbocycles. The number of hydrogen-bond donors (Lipinski definition) is 9. The molecule has 0 spiro atoms. The van der Waals surface area contributed by atoms with Crippen LogP contribution in [-0.2, 0) is 23.7 Å². The average molecular weight is 1000 g/mol. The van der Waals surface area contributed by atoms with E-state index in [-0.39, 0.29) is 18.9 Å². The molecular formula is C56H107NO13. The van der Waals surface area contributed by atoms with Crippen LogP contribution in [0.1, 0.15) is 245 Å². The van der Waals surface area contributed by atoms with E-state index in [1.807, 2.05) is 6.08 Å². The van der Waals surface area contributed by atoms with E-state index in [1.54, 1.807) is 6.08 Å². The summed E-state index contributed by atoms with van der Waals surface area (Å²) in [5.74, 6) is -0.235. The van der Waals surface area contributed by atoms with E-state index < -0.39 is 86.8 Å². The van der Waals surface area contributed by atoms with Gasteiger partial charge in [-0.15, -0.1) is 0 Å². The molecule has 9 N–H and O–H groups in total. The minimum atomic E-state index is -1.78. The first kappa shape index (κ1) is 64.8. The molecule has 12 unspecified atom stereocenters. The maximum Gasteiger partial charge on any atom is 0.220 e. The largest absolute Gasteiger partial charge is 0.394 e. The standard InChI is InChI=1S/C56H107NO13/c1-3-5-7-9-11-13-15-17-19-21-22-24-25-27-29-31-33-35-37-39-45(60)44(57-48(61)40-38-36-34-32-30-28-26-23-20-18-16-14-12-10-8-6-4-2)43-67-55-53(66)51(64)54(47(42-59)69-55)70-56-52(65)50(63)49(62)46(41-58)68-56/h37,39,44-47,49-56,58-60,62-66H,3-36,38,40-43H2,1-2H3,(H,57,61)/b39-37+. The number of allylic oxidation sites excluding steroid dienone is 1. The Bertz CT molecular complexity index is 1230. The van der Waals surface area contributed by atoms with Crippen LogP contribution in [0, 0.1) is 0 Å². The topological polar surface area (TPSA) is 228 Å². The second-order valence-corrected chi connectivity index (χ2v) is 20.8. The van der Waals surface area contributed by atoms with Crippen LogP contribution in [0.15, 0.2) is 12.2 Å². The molecule has 12 atom stereocenters. The van der Waals surface area contributed by atoms with Crippen LogP contribution >= 0.6 is 0 Å². The first-order valence-electron chi connectivity index (χ1n) is 28.9. The monoisotopic (exact) mass is 1000 g/mol. The molecule has 2 rings (SSSR count). The van der Waals surface area contributed by atoms with E-state index in [4.69, 9.17) is 18.9 Å². The zero-order valence-corrected chi connectivity index (χ0v) is 44.3. The molecule has 1 amide bonds. The molecule has 2 aliphatic heterocycles. The Labute approximate surface area is 425 Å². The number of carbonyl (C=O) groups is 1. The number of rotatable bonds is 46. The summed E-state index contributed by atoms with van der Waals surface area (Å²) >= 11 is 0. The van der Waals surface area contributed by atoms with Crippen LogP contribution in [0.3, 0.4) is 0 Å². The quantitative estimate of drug-likeness (QED) is 0.0205. The molecule has 2 saturated heterocycles. The zero-order chi connectivity index (χ0) is 51.0. The van der Waals surface area contributed by atoms with E-state index in [1.165, 1.54) is 180 Å². The molecule has 0 saturated carbocycles. The van der Waals surface area contributed by atoms with Gasteiger partial charge in [0.1, 0.15) is 48.8 Å². The van der Waals surface area contributed by atoms with Gasteiger partial charge < -0.3 is 65.1 Å². The van der Waals surface area contributed by atoms with Gasteiger partial charge in [-0.3, -0.25) is 4.79 Å². The summed E-state index contributed by atoms with van der Waals surface area (Å²) in [7, 11) is 0. The predicted molar refractivity (Wildman–Crippen MR) is 277 cm³/mol. The van der Waals surface area contributed by atoms with Crippen LogP contribution in [0.2, 0.25) is 0 Å². The highest BCUT2D eigenvalue weighted by atomic mass is 16.7. The SMILES string of the molecule is CCCCCCCCCCCCCCCCCCC/C=C/C(O)C(COC1OC(CO)C(OC2OC(CO)C(O)C(O)C2O)C(O)C1O)NC(=O)CCCCCCCCCCCCCCCCCCC. The molecule has 414 valence electrons. The summed E-state index contributed by atoms with van der Waals surface area (Å²) in [4.78, 5) is 13.2. The third-order valence-electron chi connectivity index (χ3n) is 14.5. The van der Waals surface area contributed by atoms with Crippen molar-refractivity contribution in [2.45, 2.75) is 319 Å². The molecule has 0 radical (unpaired) electrons. The Morgan fingerprint density at radius 3 is 1.31 bits per heavy atom. The highest BCUT2D eigenvalue weighted by Crippen LogP contribution is 2.30. The maximum atomic E-state index is 13.2. The number of amides is 1. The van der Waals surface area contributed by atoms with Crippen molar-refractivity contribution in [2.75, 3.05) is 19.8 Å². The smallest absolute Gasteiger partial charge is 0.220 e. The number of carbonyl (C=O) groups excluding carboxylic acids is 1. The Morgan fingerprint density at radius 1 is 0.500 bits per heavy atom. The van der Waals surface area contributed by atoms with Crippen molar-refractivity contribution >= 4 is 5.91 Å². The highest BCUT2D eigenvalue weighted by molar-refractivity contribution is 5.76. The lowest BCUT2D eigenvalue weighted by Gasteiger charge is -2.46. The molecule has 0 aromatic rings. The molecule has 14 heteroatoms. The Kier molecular flexibility index (Phi) is 39.9. The summed E-state index contributed by atoms with van der Waals surface area (Å²) in [5, 5.41) is 87.0. The lowest BCUT2D eigenvalue weighted by Crippen LogP contribution is -2.65. The number of aliphatic hydroxyl groups is 8. The molecule has 70 heavy (non-hydrogen) atoms. The molecule has 0 aromatic heterocycles. The van der Waals surface area contributed by atoms with Gasteiger partial charge in [0, 0.05) is 6.42 Å². The van der Waals surface area contributed by atoms with E-state index in [0.29, 0.717) is 6.42 Å². The number of hydrogen-bond acceptors (Lipinski definition) is 13. The van der Waals surface area contributed by atoms with E-state index in [2.05, 4.69) is 19.2 Å². The minimum Gasteiger partial charge on any atom is -0.394 e. The molecule has 14 nitrogen and oxygen atoms in total. The third-order valence-corrected chi connectivity index (χ3v) is 14.5. The van der Waals surface area contributed by atoms with Gasteiger partial charge in [0.25, 0.3) is 0 Å². The fraction of sp³-hybridized carbons (Fsp3) is 0.946. The lowest BCUT2D eigenvalue weighted by molar-refractivity contribution is -0.359. The zero-order valence-electron chi connectivity index (χ0n) is 44.3. The number of nitrogens with one attached hydrogen (secondary N) is 1. The van der Waals surface area contributed by atoms with Crippen molar-refractivity contribution < 1.29 is 64.6 Å². The van der Waals surface area contributed by atoms with Gasteiger partial charge in [-0.1, -0.05) is 231 Å². The van der Waals surface area contributed by atoms with Crippen molar-refractivity contribution in [3.63, 3.8) is 0 Å². The second-order valence-electron chi connectivity index (χ2n) is 20.8. The molecule has 0 bridgehead atoms. The van der Waals surface area contributed by atoms with E-state index in [0.717, 1.165) is 38.5 Å². The van der Waals surface area contributed by atoms with Gasteiger partial charge in [0.15, 0.2) is 12.6 Å². The van der Waals surface area contributed by atoms with Crippen LogP contribution in [0.25, 0.3) is 0 Å². The lowest BCUT2D eigenvalue weighted by atomic mass is 9.97. The predicted octanol–water partition coefficient (Wildman–Crippen LogP) is 9.11. The van der Waals surface area contributed by atoms with Crippen molar-refractivity contribution in [1.29, 1.82) is 0 Å². The highest BCUT2D eigenvalue weighted by Gasteiger charge is 2.51. The van der Waals surface area contributed by atoms with Gasteiger partial charge in [-0.2, -0.15) is 0 Å². The van der Waals surface area contributed by atoms with Crippen LogP contribution in [-0.4, -0.2) is 140 Å². The first-order valence-corrected chi connectivity index (χ1v) is 28.9. The van der Waals surface area contributed by atoms with Crippen LogP contribution in [0.5, 0.6) is 0 Å². The summed E-state index contributed by atoms with van der Waals surface area (Å²) in [5.41, 5.74) is 0. The molecular weight excluding hydrogens is 895 g/mol. The number of aliphatic hydroxyl groups excluding tert-OH is 8. The van der Waals surface area contributed by atoms with Gasteiger partial charge in [-0.05, 0) is 19.3 Å². The normalized spacial score (nSPS) is 26.0. The summed E-state index contributed by atoms with van der Waals surface area (Å²) in [6, 6.07) is -0.909. The van der Waals surface area contributed by atoms with E-state index >= 15 is 0 Å². The van der Waals surface area contributed by atoms with E-state index in [9.17, 15) is 45.6 Å². The van der Waals surface area contributed by atoms with Crippen molar-refractivity contribution in [2.24, 2.45) is 0 Å². The Balaban J connectivity index is 1.79. The molecule has 0 aromatic carbocycles. The van der Waals surface area contributed by atoms with Crippen molar-refractivity contribution in [1.82, 2.24) is 5.32 Å². The van der Waals surface area contributed by atoms with Crippen molar-refractivity contribution in [3.05, 3.63) is 12.2 Å². The van der Waals surface area contributed by atoms with Crippen LogP contribution in [0.4, 0.5) is 0 Å². The molecule has 2 heterocycles. The maximum absolute atomic E-state index is 13.2. The molecule has 2 aliphatic rings.